The molecule has 0 aliphatic heterocycles. The maximum atomic E-state index is 13.2. The molecule has 42 heavy (non-hydrogen) atoms. The average Bonchev–Trinajstić information content (AvgIpc) is 3.75. The van der Waals surface area contributed by atoms with Crippen molar-refractivity contribution < 1.29 is 9.53 Å². The average molecular weight is 658 g/mol. The third-order valence-corrected chi connectivity index (χ3v) is 8.08. The highest BCUT2D eigenvalue weighted by molar-refractivity contribution is 9.10. The van der Waals surface area contributed by atoms with Crippen LogP contribution >= 0.6 is 27.5 Å². The molecule has 1 unspecified atom stereocenters. The van der Waals surface area contributed by atoms with E-state index in [0.29, 0.717) is 32.4 Å². The molecule has 16 heteroatoms. The van der Waals surface area contributed by atoms with Crippen molar-refractivity contribution >= 4 is 55.8 Å². The van der Waals surface area contributed by atoms with Crippen molar-refractivity contribution in [1.29, 1.82) is 0 Å². The molecule has 6 rings (SSSR count). The summed E-state index contributed by atoms with van der Waals surface area (Å²) in [4.78, 5) is 56.0. The summed E-state index contributed by atoms with van der Waals surface area (Å²) in [5.74, 6) is -0.401. The van der Waals surface area contributed by atoms with Crippen LogP contribution in [0.3, 0.4) is 0 Å². The summed E-state index contributed by atoms with van der Waals surface area (Å²) < 4.78 is 12.1. The predicted molar refractivity (Wildman–Crippen MR) is 155 cm³/mol. The van der Waals surface area contributed by atoms with E-state index >= 15 is 0 Å². The van der Waals surface area contributed by atoms with E-state index < -0.39 is 17.1 Å². The Balaban J connectivity index is 1.11. The first-order valence-corrected chi connectivity index (χ1v) is 14.7. The van der Waals surface area contributed by atoms with Gasteiger partial charge in [-0.1, -0.05) is 29.7 Å². The molecule has 0 radical (unpaired) electrons. The van der Waals surface area contributed by atoms with Gasteiger partial charge in [0.25, 0.3) is 0 Å². The van der Waals surface area contributed by atoms with Gasteiger partial charge in [0.05, 0.1) is 43.3 Å². The van der Waals surface area contributed by atoms with Gasteiger partial charge in [-0.3, -0.25) is 28.2 Å². The molecule has 5 heterocycles. The predicted octanol–water partition coefficient (Wildman–Crippen LogP) is 3.06. The second kappa shape index (κ2) is 11.7. The molecule has 1 aliphatic rings. The maximum absolute atomic E-state index is 13.2. The van der Waals surface area contributed by atoms with Crippen LogP contribution in [0.4, 0.5) is 0 Å². The number of aryl methyl sites for hydroxylation is 1. The molecule has 0 aromatic carbocycles. The van der Waals surface area contributed by atoms with Gasteiger partial charge in [0, 0.05) is 12.2 Å². The molecule has 1 atom stereocenters. The fourth-order valence-corrected chi connectivity index (χ4v) is 5.77. The van der Waals surface area contributed by atoms with Crippen molar-refractivity contribution in [3.8, 4) is 0 Å². The highest BCUT2D eigenvalue weighted by Gasteiger charge is 2.25. The van der Waals surface area contributed by atoms with Crippen LogP contribution in [-0.2, 0) is 22.6 Å². The third kappa shape index (κ3) is 5.45. The van der Waals surface area contributed by atoms with Crippen LogP contribution in [0.2, 0.25) is 5.15 Å². The van der Waals surface area contributed by atoms with E-state index in [2.05, 4.69) is 46.2 Å². The Morgan fingerprint density at radius 3 is 2.76 bits per heavy atom. The number of hydrogen-bond acceptors (Lipinski definition) is 10. The number of rotatable bonds is 9. The van der Waals surface area contributed by atoms with Crippen LogP contribution < -0.4 is 11.1 Å². The number of carbonyl (C=O) groups is 1. The summed E-state index contributed by atoms with van der Waals surface area (Å²) in [7, 11) is 0. The van der Waals surface area contributed by atoms with E-state index in [0.717, 1.165) is 31.1 Å². The number of hydrogen-bond donors (Lipinski definition) is 0. The number of nitrogens with zero attached hydrogens (tertiary/aromatic N) is 10. The van der Waals surface area contributed by atoms with E-state index in [9.17, 15) is 14.4 Å². The SMILES string of the molecule is CC(COC(=O)CCn1cc(Cn2c(=O)c(=O)n(C3CCCC3)c3nc(Br)cnc32)nn1)n1ccc2c(Cl)ncnc21. The van der Waals surface area contributed by atoms with Crippen molar-refractivity contribution in [2.45, 2.75) is 64.2 Å². The van der Waals surface area contributed by atoms with Gasteiger partial charge < -0.3 is 9.30 Å². The third-order valence-electron chi connectivity index (χ3n) is 7.40. The zero-order chi connectivity index (χ0) is 29.4. The van der Waals surface area contributed by atoms with Gasteiger partial charge in [-0.15, -0.1) is 5.10 Å². The summed E-state index contributed by atoms with van der Waals surface area (Å²) in [5.41, 5.74) is 0.426. The summed E-state index contributed by atoms with van der Waals surface area (Å²) >= 11 is 9.46. The topological polar surface area (TPSA) is 158 Å². The molecule has 0 N–H and O–H groups in total. The van der Waals surface area contributed by atoms with Gasteiger partial charge in [0.2, 0.25) is 0 Å². The Kier molecular flexibility index (Phi) is 7.86. The smallest absolute Gasteiger partial charge is 0.318 e. The molecule has 1 aliphatic carbocycles. The highest BCUT2D eigenvalue weighted by Crippen LogP contribution is 2.30. The minimum atomic E-state index is -0.692. The van der Waals surface area contributed by atoms with Crippen molar-refractivity contribution in [3.63, 3.8) is 0 Å². The monoisotopic (exact) mass is 656 g/mol. The lowest BCUT2D eigenvalue weighted by Crippen LogP contribution is -2.43. The lowest BCUT2D eigenvalue weighted by atomic mass is 10.2. The number of fused-ring (bicyclic) bond motifs is 2. The first-order chi connectivity index (χ1) is 20.3. The van der Waals surface area contributed by atoms with Crippen LogP contribution in [-0.4, -0.2) is 61.2 Å². The molecule has 0 saturated heterocycles. The zero-order valence-electron chi connectivity index (χ0n) is 22.6. The van der Waals surface area contributed by atoms with E-state index in [4.69, 9.17) is 16.3 Å². The van der Waals surface area contributed by atoms with E-state index in [1.54, 1.807) is 6.20 Å². The Labute approximate surface area is 251 Å². The van der Waals surface area contributed by atoms with Crippen LogP contribution in [0.1, 0.15) is 56.8 Å². The van der Waals surface area contributed by atoms with Gasteiger partial charge in [-0.2, -0.15) is 0 Å². The molecule has 5 aromatic rings. The number of aromatic nitrogens is 10. The minimum Gasteiger partial charge on any atom is -0.463 e. The van der Waals surface area contributed by atoms with Gasteiger partial charge in [0.15, 0.2) is 11.3 Å². The van der Waals surface area contributed by atoms with Crippen LogP contribution in [0.5, 0.6) is 0 Å². The quantitative estimate of drug-likeness (QED) is 0.131. The lowest BCUT2D eigenvalue weighted by molar-refractivity contribution is -0.144. The summed E-state index contributed by atoms with van der Waals surface area (Å²) in [6, 6.07) is 1.57. The second-order valence-corrected chi connectivity index (χ2v) is 11.4. The maximum Gasteiger partial charge on any atom is 0.318 e. The van der Waals surface area contributed by atoms with Crippen molar-refractivity contribution in [1.82, 2.24) is 48.6 Å². The molecule has 0 amide bonds. The number of halogens is 2. The number of carbonyl (C=O) groups excluding carboxylic acids is 1. The molecule has 1 fully saturated rings. The van der Waals surface area contributed by atoms with Gasteiger partial charge in [-0.25, -0.2) is 19.9 Å². The molecule has 218 valence electrons. The first-order valence-electron chi connectivity index (χ1n) is 13.5. The van der Waals surface area contributed by atoms with E-state index in [1.807, 2.05) is 23.8 Å². The van der Waals surface area contributed by atoms with E-state index in [-0.39, 0.29) is 38.2 Å². The Hall–Kier alpha value is -3.98. The molecule has 0 spiro atoms. The van der Waals surface area contributed by atoms with Crippen LogP contribution in [0.25, 0.3) is 22.3 Å². The fraction of sp³-hybridized carbons (Fsp3) is 0.423. The Morgan fingerprint density at radius 1 is 1.14 bits per heavy atom. The van der Waals surface area contributed by atoms with Crippen LogP contribution in [0, 0.1) is 0 Å². The first kappa shape index (κ1) is 28.2. The molecule has 5 aromatic heterocycles. The van der Waals surface area contributed by atoms with Gasteiger partial charge >= 0.3 is 17.1 Å². The molecule has 14 nitrogen and oxygen atoms in total. The van der Waals surface area contributed by atoms with Gasteiger partial charge in [0.1, 0.15) is 34.0 Å². The molecular formula is C26H26BrClN10O4. The summed E-state index contributed by atoms with van der Waals surface area (Å²) in [6.07, 6.45) is 10.0. The van der Waals surface area contributed by atoms with Crippen molar-refractivity contribution in [2.24, 2.45) is 0 Å². The number of esters is 1. The molecule has 0 bridgehead atoms. The summed E-state index contributed by atoms with van der Waals surface area (Å²) in [6.45, 7) is 2.26. The Bertz CT molecular complexity index is 1910. The standard InChI is InChI=1S/C26H26BrClN10O4/c1-15(36-9-6-18-21(28)30-14-31-22(18)36)13-42-20(39)7-8-35-11-16(33-34-35)12-37-23-24(32-19(27)10-29-23)38(26(41)25(37)40)17-4-2-3-5-17/h6,9-11,14-15,17H,2-5,7-8,12-13H2,1H3. The number of ether oxygens (including phenoxy) is 1. The summed E-state index contributed by atoms with van der Waals surface area (Å²) in [5, 5.41) is 9.30. The lowest BCUT2D eigenvalue weighted by Gasteiger charge is -2.17. The van der Waals surface area contributed by atoms with Crippen molar-refractivity contribution in [3.05, 3.63) is 67.1 Å². The second-order valence-electron chi connectivity index (χ2n) is 10.2. The van der Waals surface area contributed by atoms with Crippen LogP contribution in [0.15, 0.2) is 45.2 Å². The van der Waals surface area contributed by atoms with E-state index in [1.165, 1.54) is 26.3 Å². The fourth-order valence-electron chi connectivity index (χ4n) is 5.31. The largest absolute Gasteiger partial charge is 0.463 e. The Morgan fingerprint density at radius 2 is 1.95 bits per heavy atom. The molecule has 1 saturated carbocycles. The highest BCUT2D eigenvalue weighted by atomic mass is 79.9. The zero-order valence-corrected chi connectivity index (χ0v) is 24.9. The van der Waals surface area contributed by atoms with Gasteiger partial charge in [-0.05, 0) is 41.8 Å². The molecular weight excluding hydrogens is 632 g/mol. The normalized spacial score (nSPS) is 14.6. The van der Waals surface area contributed by atoms with Crippen molar-refractivity contribution in [2.75, 3.05) is 6.61 Å². The minimum absolute atomic E-state index is 0.0211.